The Kier molecular flexibility index (Phi) is 7.47. The van der Waals surface area contributed by atoms with E-state index >= 15 is 0 Å². The first-order valence-corrected chi connectivity index (χ1v) is 10.1. The summed E-state index contributed by atoms with van der Waals surface area (Å²) in [6, 6.07) is 16.3. The lowest BCUT2D eigenvalue weighted by Gasteiger charge is -2.12. The number of benzene rings is 2. The van der Waals surface area contributed by atoms with E-state index in [2.05, 4.69) is 15.6 Å². The zero-order valence-electron chi connectivity index (χ0n) is 15.1. The molecule has 0 atom stereocenters. The molecule has 0 heterocycles. The van der Waals surface area contributed by atoms with E-state index in [-0.39, 0.29) is 5.75 Å². The third-order valence-corrected chi connectivity index (χ3v) is 5.64. The van der Waals surface area contributed by atoms with Crippen molar-refractivity contribution in [3.63, 3.8) is 0 Å². The van der Waals surface area contributed by atoms with Crippen molar-refractivity contribution in [3.05, 3.63) is 60.2 Å². The van der Waals surface area contributed by atoms with Gasteiger partial charge in [0.1, 0.15) is 5.75 Å². The van der Waals surface area contributed by atoms with Gasteiger partial charge in [-0.15, -0.1) is 0 Å². The number of hydrogen-bond donors (Lipinski definition) is 2. The van der Waals surface area contributed by atoms with Crippen LogP contribution in [0, 0.1) is 0 Å². The molecule has 140 valence electrons. The van der Waals surface area contributed by atoms with E-state index in [1.165, 1.54) is 0 Å². The molecule has 2 rings (SSSR count). The van der Waals surface area contributed by atoms with Crippen LogP contribution in [0.3, 0.4) is 0 Å². The second kappa shape index (κ2) is 9.82. The molecule has 0 spiro atoms. The molecule has 0 saturated carbocycles. The largest absolute Gasteiger partial charge is 0.497 e. The molecular weight excluding hydrogens is 350 g/mol. The van der Waals surface area contributed by atoms with Crippen molar-refractivity contribution in [1.82, 2.24) is 10.6 Å². The molecule has 0 aliphatic carbocycles. The van der Waals surface area contributed by atoms with Crippen molar-refractivity contribution in [2.24, 2.45) is 4.99 Å². The summed E-state index contributed by atoms with van der Waals surface area (Å²) in [4.78, 5) is 4.51. The van der Waals surface area contributed by atoms with Gasteiger partial charge in [-0.05, 0) is 36.2 Å². The summed E-state index contributed by atoms with van der Waals surface area (Å²) in [6.45, 7) is 1.14. The third-order valence-electron chi connectivity index (χ3n) is 3.83. The SMILES string of the molecule is CN=C(NCCCS(=O)(=O)c1ccccc1)NCc1ccc(OC)cc1. The van der Waals surface area contributed by atoms with Gasteiger partial charge >= 0.3 is 0 Å². The van der Waals surface area contributed by atoms with Gasteiger partial charge in [-0.25, -0.2) is 8.42 Å². The Hall–Kier alpha value is -2.54. The predicted molar refractivity (Wildman–Crippen MR) is 104 cm³/mol. The molecule has 0 aliphatic rings. The van der Waals surface area contributed by atoms with Crippen LogP contribution in [-0.4, -0.2) is 40.8 Å². The van der Waals surface area contributed by atoms with Gasteiger partial charge in [-0.3, -0.25) is 4.99 Å². The zero-order valence-corrected chi connectivity index (χ0v) is 15.9. The molecule has 2 aromatic rings. The van der Waals surface area contributed by atoms with E-state index in [0.29, 0.717) is 30.4 Å². The van der Waals surface area contributed by atoms with E-state index in [1.807, 2.05) is 24.3 Å². The Morgan fingerprint density at radius 3 is 2.35 bits per heavy atom. The highest BCUT2D eigenvalue weighted by molar-refractivity contribution is 7.91. The lowest BCUT2D eigenvalue weighted by Crippen LogP contribution is -2.37. The minimum absolute atomic E-state index is 0.0967. The van der Waals surface area contributed by atoms with Gasteiger partial charge in [0.05, 0.1) is 17.8 Å². The molecule has 2 aromatic carbocycles. The van der Waals surface area contributed by atoms with Gasteiger partial charge in [0.2, 0.25) is 0 Å². The van der Waals surface area contributed by atoms with Crippen molar-refractivity contribution >= 4 is 15.8 Å². The van der Waals surface area contributed by atoms with Crippen LogP contribution in [0.1, 0.15) is 12.0 Å². The van der Waals surface area contributed by atoms with Crippen LogP contribution in [0.5, 0.6) is 5.75 Å². The Bertz CT molecular complexity index is 804. The minimum Gasteiger partial charge on any atom is -0.497 e. The van der Waals surface area contributed by atoms with Gasteiger partial charge in [-0.1, -0.05) is 30.3 Å². The smallest absolute Gasteiger partial charge is 0.191 e. The van der Waals surface area contributed by atoms with Gasteiger partial charge in [0, 0.05) is 20.1 Å². The number of nitrogens with one attached hydrogen (secondary N) is 2. The topological polar surface area (TPSA) is 79.8 Å². The normalized spacial score (nSPS) is 11.8. The van der Waals surface area contributed by atoms with Gasteiger partial charge in [-0.2, -0.15) is 0 Å². The molecule has 26 heavy (non-hydrogen) atoms. The number of methoxy groups -OCH3 is 1. The first-order chi connectivity index (χ1) is 12.5. The van der Waals surface area contributed by atoms with Crippen molar-refractivity contribution in [2.45, 2.75) is 17.9 Å². The monoisotopic (exact) mass is 375 g/mol. The number of sulfone groups is 1. The summed E-state index contributed by atoms with van der Waals surface area (Å²) in [6.07, 6.45) is 0.500. The highest BCUT2D eigenvalue weighted by Gasteiger charge is 2.13. The Balaban J connectivity index is 1.75. The summed E-state index contributed by atoms with van der Waals surface area (Å²) in [5, 5.41) is 6.34. The fourth-order valence-electron chi connectivity index (χ4n) is 2.36. The average Bonchev–Trinajstić information content (AvgIpc) is 2.68. The number of ether oxygens (including phenoxy) is 1. The Morgan fingerprint density at radius 1 is 1.04 bits per heavy atom. The van der Waals surface area contributed by atoms with Gasteiger partial charge < -0.3 is 15.4 Å². The van der Waals surface area contributed by atoms with Crippen LogP contribution in [0.4, 0.5) is 0 Å². The highest BCUT2D eigenvalue weighted by Crippen LogP contribution is 2.11. The van der Waals surface area contributed by atoms with E-state index in [1.54, 1.807) is 44.5 Å². The molecular formula is C19H25N3O3S. The van der Waals surface area contributed by atoms with Crippen molar-refractivity contribution in [2.75, 3.05) is 26.5 Å². The van der Waals surface area contributed by atoms with Crippen LogP contribution >= 0.6 is 0 Å². The molecule has 6 nitrogen and oxygen atoms in total. The van der Waals surface area contributed by atoms with E-state index in [4.69, 9.17) is 4.74 Å². The molecule has 0 unspecified atom stereocenters. The zero-order chi connectivity index (χ0) is 18.8. The molecule has 0 fully saturated rings. The molecule has 0 radical (unpaired) electrons. The second-order valence-corrected chi connectivity index (χ2v) is 7.80. The summed E-state index contributed by atoms with van der Waals surface area (Å²) < 4.78 is 29.6. The first-order valence-electron chi connectivity index (χ1n) is 8.40. The fraction of sp³-hybridized carbons (Fsp3) is 0.316. The number of rotatable bonds is 8. The van der Waals surface area contributed by atoms with E-state index in [9.17, 15) is 8.42 Å². The van der Waals surface area contributed by atoms with Gasteiger partial charge in [0.15, 0.2) is 15.8 Å². The van der Waals surface area contributed by atoms with Gasteiger partial charge in [0.25, 0.3) is 0 Å². The maximum atomic E-state index is 12.2. The molecule has 0 bridgehead atoms. The Morgan fingerprint density at radius 2 is 1.73 bits per heavy atom. The summed E-state index contributed by atoms with van der Waals surface area (Å²) in [7, 11) is 0.0815. The van der Waals surface area contributed by atoms with Crippen molar-refractivity contribution in [1.29, 1.82) is 0 Å². The Labute approximate surface area is 155 Å². The van der Waals surface area contributed by atoms with Crippen molar-refractivity contribution in [3.8, 4) is 5.75 Å². The number of guanidine groups is 1. The van der Waals surface area contributed by atoms with Crippen LogP contribution in [-0.2, 0) is 16.4 Å². The summed E-state index contributed by atoms with van der Waals surface area (Å²) >= 11 is 0. The number of nitrogens with zero attached hydrogens (tertiary/aromatic N) is 1. The molecule has 0 amide bonds. The molecule has 0 aliphatic heterocycles. The predicted octanol–water partition coefficient (Wildman–Crippen LogP) is 2.22. The first kappa shape index (κ1) is 19.8. The third kappa shape index (κ3) is 6.07. The van der Waals surface area contributed by atoms with Crippen molar-refractivity contribution < 1.29 is 13.2 Å². The second-order valence-electron chi connectivity index (χ2n) is 5.69. The minimum atomic E-state index is -3.24. The van der Waals surface area contributed by atoms with Crippen LogP contribution in [0.15, 0.2) is 64.5 Å². The average molecular weight is 375 g/mol. The fourth-order valence-corrected chi connectivity index (χ4v) is 3.70. The molecule has 0 saturated heterocycles. The molecule has 2 N–H and O–H groups in total. The lowest BCUT2D eigenvalue weighted by atomic mass is 10.2. The maximum absolute atomic E-state index is 12.2. The molecule has 7 heteroatoms. The highest BCUT2D eigenvalue weighted by atomic mass is 32.2. The van der Waals surface area contributed by atoms with E-state index < -0.39 is 9.84 Å². The van der Waals surface area contributed by atoms with Crippen LogP contribution < -0.4 is 15.4 Å². The number of aliphatic imine (C=N–C) groups is 1. The summed E-state index contributed by atoms with van der Waals surface area (Å²) in [5.74, 6) is 1.55. The summed E-state index contributed by atoms with van der Waals surface area (Å²) in [5.41, 5.74) is 1.10. The standard InChI is InChI=1S/C19H25N3O3S/c1-20-19(22-15-16-9-11-17(25-2)12-10-16)21-13-6-14-26(23,24)18-7-4-3-5-8-18/h3-5,7-12H,6,13-15H2,1-2H3,(H2,20,21,22). The van der Waals surface area contributed by atoms with E-state index in [0.717, 1.165) is 11.3 Å². The maximum Gasteiger partial charge on any atom is 0.191 e. The molecule has 0 aromatic heterocycles. The number of hydrogen-bond acceptors (Lipinski definition) is 4. The lowest BCUT2D eigenvalue weighted by molar-refractivity contribution is 0.414. The van der Waals surface area contributed by atoms with Crippen LogP contribution in [0.2, 0.25) is 0 Å². The quantitative estimate of drug-likeness (QED) is 0.420. The van der Waals surface area contributed by atoms with Crippen LogP contribution in [0.25, 0.3) is 0 Å².